The summed E-state index contributed by atoms with van der Waals surface area (Å²) < 4.78 is 0. The minimum atomic E-state index is -0.839. The van der Waals surface area contributed by atoms with Crippen LogP contribution in [0.1, 0.15) is 35.3 Å². The Balaban J connectivity index is 1.56. The molecule has 27 heavy (non-hydrogen) atoms. The van der Waals surface area contributed by atoms with Crippen LogP contribution in [0, 0.1) is 44.4 Å². The Hall–Kier alpha value is -2.21. The highest BCUT2D eigenvalue weighted by molar-refractivity contribution is 7.16. The first-order valence-electron chi connectivity index (χ1n) is 9.44. The summed E-state index contributed by atoms with van der Waals surface area (Å²) in [6, 6.07) is 6.24. The van der Waals surface area contributed by atoms with E-state index in [1.165, 1.54) is 22.5 Å². The predicted octanol–water partition coefficient (Wildman–Crippen LogP) is 4.42. The highest BCUT2D eigenvalue weighted by Crippen LogP contribution is 2.52. The third-order valence-electron chi connectivity index (χ3n) is 6.31. The van der Waals surface area contributed by atoms with Crippen LogP contribution in [0.2, 0.25) is 0 Å². The fourth-order valence-corrected chi connectivity index (χ4v) is 5.66. The molecule has 2 aromatic rings. The van der Waals surface area contributed by atoms with Crippen molar-refractivity contribution in [2.24, 2.45) is 23.7 Å². The van der Waals surface area contributed by atoms with Gasteiger partial charge in [0.15, 0.2) is 5.13 Å². The van der Waals surface area contributed by atoms with E-state index in [-0.39, 0.29) is 17.7 Å². The smallest absolute Gasteiger partial charge is 0.307 e. The molecule has 2 aliphatic carbocycles. The lowest BCUT2D eigenvalue weighted by Gasteiger charge is -2.26. The number of thiazole rings is 1. The molecule has 0 spiro atoms. The lowest BCUT2D eigenvalue weighted by molar-refractivity contribution is -0.148. The molecule has 5 nitrogen and oxygen atoms in total. The van der Waals surface area contributed by atoms with Crippen LogP contribution in [0.5, 0.6) is 0 Å². The lowest BCUT2D eigenvalue weighted by Crippen LogP contribution is -2.37. The second-order valence-electron chi connectivity index (χ2n) is 7.94. The standard InChI is InChI=1S/C21H24N2O3S/c1-10-4-5-15(8-11(10)2)18-12(3)27-21(22-18)23-19(24)16-13-6-7-14(9-13)17(16)20(25)26/h4-5,8,13-14,16-17H,6-7,9H2,1-3H3,(H,25,26)(H,22,23,24)/t13-,14-,16+,17+/m0/s1. The van der Waals surface area contributed by atoms with Gasteiger partial charge in [0.2, 0.25) is 5.91 Å². The number of anilines is 1. The second kappa shape index (κ2) is 6.75. The zero-order valence-corrected chi connectivity index (χ0v) is 16.6. The molecule has 2 saturated carbocycles. The minimum absolute atomic E-state index is 0.146. The van der Waals surface area contributed by atoms with Crippen molar-refractivity contribution < 1.29 is 14.7 Å². The molecule has 2 fully saturated rings. The van der Waals surface area contributed by atoms with Gasteiger partial charge in [-0.25, -0.2) is 4.98 Å². The van der Waals surface area contributed by atoms with E-state index in [4.69, 9.17) is 0 Å². The second-order valence-corrected chi connectivity index (χ2v) is 9.14. The Kier molecular flexibility index (Phi) is 4.54. The van der Waals surface area contributed by atoms with Crippen LogP contribution in [0.3, 0.4) is 0 Å². The third-order valence-corrected chi connectivity index (χ3v) is 7.20. The molecule has 1 amide bonds. The molecule has 0 saturated heterocycles. The molecule has 1 aromatic carbocycles. The molecule has 1 aromatic heterocycles. The van der Waals surface area contributed by atoms with Gasteiger partial charge < -0.3 is 10.4 Å². The maximum Gasteiger partial charge on any atom is 0.307 e. The Morgan fingerprint density at radius 3 is 2.48 bits per heavy atom. The minimum Gasteiger partial charge on any atom is -0.481 e. The Morgan fingerprint density at radius 2 is 1.81 bits per heavy atom. The number of benzene rings is 1. The average Bonchev–Trinajstić information content (AvgIpc) is 3.31. The highest BCUT2D eigenvalue weighted by Gasteiger charge is 2.54. The van der Waals surface area contributed by atoms with Gasteiger partial charge in [0.1, 0.15) is 0 Å². The summed E-state index contributed by atoms with van der Waals surface area (Å²) in [5, 5.41) is 13.0. The Labute approximate surface area is 162 Å². The van der Waals surface area contributed by atoms with Gasteiger partial charge in [0.05, 0.1) is 17.5 Å². The number of aryl methyl sites for hydroxylation is 3. The van der Waals surface area contributed by atoms with Crippen molar-refractivity contribution >= 4 is 28.3 Å². The average molecular weight is 385 g/mol. The van der Waals surface area contributed by atoms with Gasteiger partial charge in [-0.3, -0.25) is 9.59 Å². The van der Waals surface area contributed by atoms with Crippen LogP contribution >= 0.6 is 11.3 Å². The number of carbonyl (C=O) groups excluding carboxylic acids is 1. The first kappa shape index (κ1) is 18.2. The zero-order valence-electron chi connectivity index (χ0n) is 15.8. The molecule has 2 aliphatic rings. The monoisotopic (exact) mass is 384 g/mol. The maximum atomic E-state index is 12.9. The Morgan fingerprint density at radius 1 is 1.11 bits per heavy atom. The lowest BCUT2D eigenvalue weighted by atomic mass is 9.79. The first-order chi connectivity index (χ1) is 12.8. The SMILES string of the molecule is Cc1ccc(-c2nc(NC(=O)[C@@H]3[C@H]4CC[C@@H](C4)[C@H]3C(=O)O)sc2C)cc1C. The van der Waals surface area contributed by atoms with E-state index < -0.39 is 17.8 Å². The van der Waals surface area contributed by atoms with Crippen LogP contribution in [0.4, 0.5) is 5.13 Å². The molecular formula is C21H24N2O3S. The van der Waals surface area contributed by atoms with Gasteiger partial charge in [0, 0.05) is 10.4 Å². The summed E-state index contributed by atoms with van der Waals surface area (Å²) in [4.78, 5) is 30.2. The van der Waals surface area contributed by atoms with E-state index in [2.05, 4.69) is 36.3 Å². The van der Waals surface area contributed by atoms with Crippen LogP contribution in [0.15, 0.2) is 18.2 Å². The van der Waals surface area contributed by atoms with Crippen LogP contribution in [0.25, 0.3) is 11.3 Å². The van der Waals surface area contributed by atoms with Gasteiger partial charge in [-0.15, -0.1) is 11.3 Å². The van der Waals surface area contributed by atoms with Crippen molar-refractivity contribution in [1.29, 1.82) is 0 Å². The number of hydrogen-bond donors (Lipinski definition) is 2. The number of hydrogen-bond acceptors (Lipinski definition) is 4. The van der Waals surface area contributed by atoms with Gasteiger partial charge in [-0.2, -0.15) is 0 Å². The molecule has 4 atom stereocenters. The fraction of sp³-hybridized carbons (Fsp3) is 0.476. The van der Waals surface area contributed by atoms with Crippen molar-refractivity contribution in [3.8, 4) is 11.3 Å². The number of amides is 1. The van der Waals surface area contributed by atoms with Crippen LogP contribution in [-0.4, -0.2) is 22.0 Å². The third kappa shape index (κ3) is 3.16. The number of fused-ring (bicyclic) bond motifs is 2. The molecule has 2 bridgehead atoms. The number of carboxylic acid groups (broad SMARTS) is 1. The number of nitrogens with zero attached hydrogens (tertiary/aromatic N) is 1. The van der Waals surface area contributed by atoms with Crippen molar-refractivity contribution in [1.82, 2.24) is 4.98 Å². The number of carboxylic acids is 1. The highest BCUT2D eigenvalue weighted by atomic mass is 32.1. The summed E-state index contributed by atoms with van der Waals surface area (Å²) >= 11 is 1.45. The topological polar surface area (TPSA) is 79.3 Å². The van der Waals surface area contributed by atoms with Gasteiger partial charge in [-0.05, 0) is 69.1 Å². The summed E-state index contributed by atoms with van der Waals surface area (Å²) in [5.41, 5.74) is 4.35. The molecule has 2 N–H and O–H groups in total. The molecular weight excluding hydrogens is 360 g/mol. The van der Waals surface area contributed by atoms with Gasteiger partial charge >= 0.3 is 5.97 Å². The summed E-state index contributed by atoms with van der Waals surface area (Å²) in [6.07, 6.45) is 2.75. The first-order valence-corrected chi connectivity index (χ1v) is 10.3. The number of aromatic nitrogens is 1. The van der Waals surface area contributed by atoms with Crippen molar-refractivity contribution in [3.05, 3.63) is 34.2 Å². The number of aliphatic carboxylic acids is 1. The largest absolute Gasteiger partial charge is 0.481 e. The van der Waals surface area contributed by atoms with Gasteiger partial charge in [0.25, 0.3) is 0 Å². The number of nitrogens with one attached hydrogen (secondary N) is 1. The predicted molar refractivity (Wildman–Crippen MR) is 106 cm³/mol. The molecule has 6 heteroatoms. The van der Waals surface area contributed by atoms with Gasteiger partial charge in [-0.1, -0.05) is 12.1 Å². The van der Waals surface area contributed by atoms with E-state index >= 15 is 0 Å². The van der Waals surface area contributed by atoms with Crippen molar-refractivity contribution in [2.45, 2.75) is 40.0 Å². The summed E-state index contributed by atoms with van der Waals surface area (Å²) in [6.45, 7) is 6.15. The van der Waals surface area contributed by atoms with E-state index in [1.807, 2.05) is 13.0 Å². The molecule has 1 heterocycles. The molecule has 142 valence electrons. The number of rotatable bonds is 4. The van der Waals surface area contributed by atoms with E-state index in [0.29, 0.717) is 5.13 Å². The van der Waals surface area contributed by atoms with Crippen molar-refractivity contribution in [2.75, 3.05) is 5.32 Å². The van der Waals surface area contributed by atoms with E-state index in [0.717, 1.165) is 35.4 Å². The number of carbonyl (C=O) groups is 2. The quantitative estimate of drug-likeness (QED) is 0.818. The van der Waals surface area contributed by atoms with Crippen molar-refractivity contribution in [3.63, 3.8) is 0 Å². The molecule has 0 unspecified atom stereocenters. The fourth-order valence-electron chi connectivity index (χ4n) is 4.82. The summed E-state index contributed by atoms with van der Waals surface area (Å²) in [7, 11) is 0. The Bertz CT molecular complexity index is 920. The van der Waals surface area contributed by atoms with E-state index in [1.54, 1.807) is 0 Å². The molecule has 0 aliphatic heterocycles. The zero-order chi connectivity index (χ0) is 19.3. The van der Waals surface area contributed by atoms with Crippen LogP contribution < -0.4 is 5.32 Å². The normalized spacial score (nSPS) is 26.3. The summed E-state index contributed by atoms with van der Waals surface area (Å²) in [5.74, 6) is -1.67. The van der Waals surface area contributed by atoms with E-state index in [9.17, 15) is 14.7 Å². The molecule has 0 radical (unpaired) electrons. The van der Waals surface area contributed by atoms with Crippen LogP contribution in [-0.2, 0) is 9.59 Å². The maximum absolute atomic E-state index is 12.9. The molecule has 4 rings (SSSR count).